The van der Waals surface area contributed by atoms with Crippen LogP contribution in [0, 0.1) is 0 Å². The van der Waals surface area contributed by atoms with Crippen LogP contribution in [0.15, 0.2) is 0 Å². The minimum Gasteiger partial charge on any atom is -0.438 e. The van der Waals surface area contributed by atoms with E-state index >= 15 is 0 Å². The first-order chi connectivity index (χ1) is 6.70. The van der Waals surface area contributed by atoms with Crippen LogP contribution in [0.25, 0.3) is 0 Å². The molecule has 0 radical (unpaired) electrons. The molecule has 0 saturated carbocycles. The van der Waals surface area contributed by atoms with Crippen molar-refractivity contribution in [1.29, 1.82) is 0 Å². The second-order valence-electron chi connectivity index (χ2n) is 3.18. The predicted molar refractivity (Wildman–Crippen MR) is 56.5 cm³/mol. The number of carbonyl (C=O) groups excluding carboxylic acids is 1. The van der Waals surface area contributed by atoms with Gasteiger partial charge in [0.2, 0.25) is 0 Å². The Labute approximate surface area is 90.7 Å². The largest absolute Gasteiger partial charge is 0.509 e. The number of halogens is 1. The van der Waals surface area contributed by atoms with Crippen molar-refractivity contribution in [2.75, 3.05) is 7.11 Å². The minimum atomic E-state index is -0.710. The molecule has 0 heterocycles. The third-order valence-electron chi connectivity index (χ3n) is 1.93. The molecule has 0 aromatic carbocycles. The van der Waals surface area contributed by atoms with Crippen LogP contribution in [0.5, 0.6) is 0 Å². The lowest BCUT2D eigenvalue weighted by Gasteiger charge is -2.09. The molecule has 0 aliphatic heterocycles. The lowest BCUT2D eigenvalue weighted by atomic mass is 10.1. The van der Waals surface area contributed by atoms with Gasteiger partial charge in [0.25, 0.3) is 0 Å². The van der Waals surface area contributed by atoms with Crippen LogP contribution in [-0.2, 0) is 9.47 Å². The predicted octanol–water partition coefficient (Wildman–Crippen LogP) is 3.69. The molecule has 1 unspecified atom stereocenters. The number of alkyl halides is 1. The topological polar surface area (TPSA) is 35.5 Å². The summed E-state index contributed by atoms with van der Waals surface area (Å²) in [6, 6.07) is 0. The maximum absolute atomic E-state index is 10.6. The molecule has 0 fully saturated rings. The van der Waals surface area contributed by atoms with Gasteiger partial charge in [-0.25, -0.2) is 4.79 Å². The van der Waals surface area contributed by atoms with Gasteiger partial charge < -0.3 is 9.47 Å². The van der Waals surface area contributed by atoms with E-state index in [4.69, 9.17) is 16.3 Å². The van der Waals surface area contributed by atoms with Crippen LogP contribution < -0.4 is 0 Å². The SMILES string of the molecule is CCCCCCCC(Cl)OC(=O)OC. The summed E-state index contributed by atoms with van der Waals surface area (Å²) in [6.07, 6.45) is 5.82. The zero-order valence-electron chi connectivity index (χ0n) is 8.92. The average Bonchev–Trinajstić information content (AvgIpc) is 2.17. The fraction of sp³-hybridized carbons (Fsp3) is 0.900. The van der Waals surface area contributed by atoms with Crippen molar-refractivity contribution in [2.24, 2.45) is 0 Å². The second-order valence-corrected chi connectivity index (χ2v) is 3.67. The third-order valence-corrected chi connectivity index (χ3v) is 2.23. The molecule has 0 spiro atoms. The molecule has 3 nitrogen and oxygen atoms in total. The summed E-state index contributed by atoms with van der Waals surface area (Å²) in [5.74, 6) is 0. The standard InChI is InChI=1S/C10H19ClO3/c1-3-4-5-6-7-8-9(11)14-10(12)13-2/h9H,3-8H2,1-2H3. The summed E-state index contributed by atoms with van der Waals surface area (Å²) in [7, 11) is 1.27. The zero-order valence-corrected chi connectivity index (χ0v) is 9.68. The van der Waals surface area contributed by atoms with Crippen LogP contribution in [-0.4, -0.2) is 18.8 Å². The van der Waals surface area contributed by atoms with E-state index in [0.717, 1.165) is 12.8 Å². The zero-order chi connectivity index (χ0) is 10.8. The van der Waals surface area contributed by atoms with E-state index in [9.17, 15) is 4.79 Å². The highest BCUT2D eigenvalue weighted by Crippen LogP contribution is 2.12. The van der Waals surface area contributed by atoms with Crippen molar-refractivity contribution in [1.82, 2.24) is 0 Å². The third kappa shape index (κ3) is 8.17. The van der Waals surface area contributed by atoms with Crippen molar-refractivity contribution in [3.05, 3.63) is 0 Å². The molecular formula is C10H19ClO3. The Hall–Kier alpha value is -0.440. The van der Waals surface area contributed by atoms with Crippen LogP contribution in [0.4, 0.5) is 4.79 Å². The molecule has 4 heteroatoms. The number of methoxy groups -OCH3 is 1. The molecule has 0 aliphatic rings. The lowest BCUT2D eigenvalue weighted by Crippen LogP contribution is -2.12. The Balaban J connectivity index is 3.26. The van der Waals surface area contributed by atoms with Gasteiger partial charge in [0, 0.05) is 0 Å². The first-order valence-electron chi connectivity index (χ1n) is 5.09. The Bertz CT molecular complexity index is 150. The van der Waals surface area contributed by atoms with Gasteiger partial charge in [0.05, 0.1) is 7.11 Å². The highest BCUT2D eigenvalue weighted by atomic mass is 35.5. The molecule has 0 rings (SSSR count). The van der Waals surface area contributed by atoms with Crippen molar-refractivity contribution in [3.8, 4) is 0 Å². The number of rotatable bonds is 7. The van der Waals surface area contributed by atoms with Gasteiger partial charge >= 0.3 is 6.16 Å². The monoisotopic (exact) mass is 222 g/mol. The number of unbranched alkanes of at least 4 members (excludes halogenated alkanes) is 4. The Morgan fingerprint density at radius 2 is 1.93 bits per heavy atom. The normalized spacial score (nSPS) is 12.2. The summed E-state index contributed by atoms with van der Waals surface area (Å²) in [4.78, 5) is 10.6. The Kier molecular flexibility index (Phi) is 8.84. The van der Waals surface area contributed by atoms with E-state index in [2.05, 4.69) is 11.7 Å². The number of hydrogen-bond acceptors (Lipinski definition) is 3. The molecule has 84 valence electrons. The number of hydrogen-bond donors (Lipinski definition) is 0. The smallest absolute Gasteiger partial charge is 0.438 e. The Morgan fingerprint density at radius 3 is 2.50 bits per heavy atom. The fourth-order valence-corrected chi connectivity index (χ4v) is 1.35. The van der Waals surface area contributed by atoms with E-state index in [-0.39, 0.29) is 0 Å². The van der Waals surface area contributed by atoms with E-state index in [0.29, 0.717) is 6.42 Å². The Morgan fingerprint density at radius 1 is 1.29 bits per heavy atom. The van der Waals surface area contributed by atoms with Crippen LogP contribution in [0.3, 0.4) is 0 Å². The quantitative estimate of drug-likeness (QED) is 0.374. The lowest BCUT2D eigenvalue weighted by molar-refractivity contribution is 0.0593. The number of ether oxygens (including phenoxy) is 2. The highest BCUT2D eigenvalue weighted by Gasteiger charge is 2.10. The van der Waals surface area contributed by atoms with E-state index in [1.165, 1.54) is 26.4 Å². The molecule has 0 aromatic rings. The van der Waals surface area contributed by atoms with Crippen molar-refractivity contribution >= 4 is 17.8 Å². The van der Waals surface area contributed by atoms with Crippen LogP contribution >= 0.6 is 11.6 Å². The van der Waals surface area contributed by atoms with Crippen LogP contribution in [0.2, 0.25) is 0 Å². The van der Waals surface area contributed by atoms with E-state index in [1.54, 1.807) is 0 Å². The molecule has 0 amide bonds. The molecule has 0 N–H and O–H groups in total. The molecule has 14 heavy (non-hydrogen) atoms. The minimum absolute atomic E-state index is 0.552. The van der Waals surface area contributed by atoms with Crippen LogP contribution in [0.1, 0.15) is 45.4 Å². The van der Waals surface area contributed by atoms with E-state index in [1.807, 2.05) is 0 Å². The summed E-state index contributed by atoms with van der Waals surface area (Å²) in [5, 5.41) is 0. The molecular weight excluding hydrogens is 204 g/mol. The molecule has 0 aliphatic carbocycles. The van der Waals surface area contributed by atoms with Gasteiger partial charge in [-0.2, -0.15) is 0 Å². The maximum atomic E-state index is 10.6. The summed E-state index contributed by atoms with van der Waals surface area (Å²) in [5.41, 5.74) is -0.552. The van der Waals surface area contributed by atoms with Crippen molar-refractivity contribution < 1.29 is 14.3 Å². The number of carbonyl (C=O) groups is 1. The van der Waals surface area contributed by atoms with Gasteiger partial charge in [-0.3, -0.25) is 0 Å². The van der Waals surface area contributed by atoms with Crippen molar-refractivity contribution in [3.63, 3.8) is 0 Å². The van der Waals surface area contributed by atoms with Crippen molar-refractivity contribution in [2.45, 2.75) is 51.0 Å². The van der Waals surface area contributed by atoms with Gasteiger partial charge in [-0.1, -0.05) is 44.2 Å². The molecule has 0 aromatic heterocycles. The first-order valence-corrected chi connectivity index (χ1v) is 5.53. The maximum Gasteiger partial charge on any atom is 0.509 e. The van der Waals surface area contributed by atoms with Gasteiger partial charge in [-0.05, 0) is 12.8 Å². The fourth-order valence-electron chi connectivity index (χ4n) is 1.12. The summed E-state index contributed by atoms with van der Waals surface area (Å²) < 4.78 is 9.03. The summed E-state index contributed by atoms with van der Waals surface area (Å²) in [6.45, 7) is 2.17. The van der Waals surface area contributed by atoms with Gasteiger partial charge in [-0.15, -0.1) is 0 Å². The summed E-state index contributed by atoms with van der Waals surface area (Å²) >= 11 is 5.74. The van der Waals surface area contributed by atoms with Gasteiger partial charge in [0.1, 0.15) is 0 Å². The van der Waals surface area contributed by atoms with E-state index < -0.39 is 11.7 Å². The molecule has 1 atom stereocenters. The van der Waals surface area contributed by atoms with Gasteiger partial charge in [0.15, 0.2) is 5.56 Å². The second kappa shape index (κ2) is 9.13. The molecule has 0 saturated heterocycles. The first kappa shape index (κ1) is 13.6. The highest BCUT2D eigenvalue weighted by molar-refractivity contribution is 6.20. The molecule has 0 bridgehead atoms. The average molecular weight is 223 g/mol.